The average Bonchev–Trinajstić information content (AvgIpc) is 2.89. The van der Waals surface area contributed by atoms with Gasteiger partial charge in [0.15, 0.2) is 0 Å². The number of fused-ring (bicyclic) bond motifs is 1. The first-order valence-corrected chi connectivity index (χ1v) is 11.8. The summed E-state index contributed by atoms with van der Waals surface area (Å²) in [6.07, 6.45) is 2.55. The summed E-state index contributed by atoms with van der Waals surface area (Å²) in [6.45, 7) is 2.58. The zero-order chi connectivity index (χ0) is 24.6. The monoisotopic (exact) mass is 470 g/mol. The molecule has 0 radical (unpaired) electrons. The molecule has 0 atom stereocenters. The molecule has 1 aliphatic heterocycles. The molecule has 0 unspecified atom stereocenters. The first-order chi connectivity index (χ1) is 17.6. The van der Waals surface area contributed by atoms with Crippen molar-refractivity contribution in [2.45, 2.75) is 19.8 Å². The predicted molar refractivity (Wildman–Crippen MR) is 140 cm³/mol. The molecule has 1 aliphatic rings. The van der Waals surface area contributed by atoms with Gasteiger partial charge in [-0.1, -0.05) is 24.1 Å². The third-order valence-corrected chi connectivity index (χ3v) is 6.60. The summed E-state index contributed by atoms with van der Waals surface area (Å²) >= 11 is 0. The van der Waals surface area contributed by atoms with E-state index in [0.717, 1.165) is 61.8 Å². The molecule has 0 bridgehead atoms. The number of benzene rings is 3. The number of aliphatic carboxylic acids is 1. The summed E-state index contributed by atoms with van der Waals surface area (Å²) in [6, 6.07) is 21.6. The third-order valence-electron chi connectivity index (χ3n) is 6.60. The highest BCUT2D eigenvalue weighted by molar-refractivity contribution is 6.07. The Morgan fingerprint density at radius 3 is 2.75 bits per heavy atom. The summed E-state index contributed by atoms with van der Waals surface area (Å²) in [5, 5.41) is 11.6. The lowest BCUT2D eigenvalue weighted by atomic mass is 9.88. The van der Waals surface area contributed by atoms with Crippen LogP contribution >= 0.6 is 0 Å². The molecule has 5 nitrogen and oxygen atoms in total. The minimum absolute atomic E-state index is 0.0912. The molecule has 3 aromatic carbocycles. The van der Waals surface area contributed by atoms with Gasteiger partial charge in [-0.05, 0) is 83.6 Å². The van der Waals surface area contributed by atoms with E-state index in [1.807, 2.05) is 79.9 Å². The highest BCUT2D eigenvalue weighted by Crippen LogP contribution is 2.42. The topological polar surface area (TPSA) is 72.3 Å². The van der Waals surface area contributed by atoms with Gasteiger partial charge in [-0.15, -0.1) is 0 Å². The molecule has 0 saturated carbocycles. The minimum atomic E-state index is -0.879. The smallest absolute Gasteiger partial charge is 0.307 e. The SMILES string of the molecule is Cc1cc2nc(C#Cc3ccccc3)ccc2c(-c2ccc3c4c(ccnc24)CCO3)c1CC(=O)O. The van der Waals surface area contributed by atoms with E-state index in [0.29, 0.717) is 12.3 Å². The lowest BCUT2D eigenvalue weighted by Gasteiger charge is -2.21. The number of aryl methyl sites for hydroxylation is 1. The largest absolute Gasteiger partial charge is 0.493 e. The van der Waals surface area contributed by atoms with Crippen LogP contribution in [0.25, 0.3) is 32.9 Å². The number of nitrogens with zero attached hydrogens (tertiary/aromatic N) is 2. The van der Waals surface area contributed by atoms with Gasteiger partial charge >= 0.3 is 5.97 Å². The molecule has 0 aliphatic carbocycles. The van der Waals surface area contributed by atoms with Crippen LogP contribution in [0.2, 0.25) is 0 Å². The molecule has 174 valence electrons. The maximum Gasteiger partial charge on any atom is 0.307 e. The van der Waals surface area contributed by atoms with Crippen molar-refractivity contribution in [2.75, 3.05) is 6.61 Å². The van der Waals surface area contributed by atoms with Crippen LogP contribution in [0.1, 0.15) is 27.9 Å². The van der Waals surface area contributed by atoms with Crippen LogP contribution in [0.3, 0.4) is 0 Å². The molecule has 0 saturated heterocycles. The second-order valence-electron chi connectivity index (χ2n) is 8.90. The number of carbonyl (C=O) groups is 1. The van der Waals surface area contributed by atoms with Gasteiger partial charge in [-0.25, -0.2) is 4.98 Å². The van der Waals surface area contributed by atoms with Gasteiger partial charge in [0.25, 0.3) is 0 Å². The lowest BCUT2D eigenvalue weighted by Crippen LogP contribution is -2.10. The van der Waals surface area contributed by atoms with E-state index in [9.17, 15) is 9.90 Å². The number of carboxylic acids is 1. The molecule has 5 heteroatoms. The number of aromatic nitrogens is 2. The molecule has 0 amide bonds. The van der Waals surface area contributed by atoms with Crippen molar-refractivity contribution in [3.05, 3.63) is 101 Å². The Morgan fingerprint density at radius 1 is 1.06 bits per heavy atom. The second-order valence-corrected chi connectivity index (χ2v) is 8.90. The standard InChI is InChI=1S/C31H22N2O3/c1-19-17-26-23(10-9-22(33-26)8-7-20-5-3-2-4-6-20)30(25(19)18-28(34)35)24-11-12-27-29-21(14-16-36-27)13-15-32-31(24)29/h2-6,9-13,15,17H,14,16,18H2,1H3,(H,34,35). The van der Waals surface area contributed by atoms with Crippen LogP contribution in [0.4, 0.5) is 0 Å². The number of ether oxygens (including phenoxy) is 1. The molecule has 0 fully saturated rings. The fourth-order valence-electron chi connectivity index (χ4n) is 4.97. The van der Waals surface area contributed by atoms with Crippen molar-refractivity contribution >= 4 is 27.8 Å². The van der Waals surface area contributed by atoms with Crippen molar-refractivity contribution in [3.63, 3.8) is 0 Å². The van der Waals surface area contributed by atoms with Crippen molar-refractivity contribution in [2.24, 2.45) is 0 Å². The first kappa shape index (κ1) is 21.8. The summed E-state index contributed by atoms with van der Waals surface area (Å²) < 4.78 is 5.91. The quantitative estimate of drug-likeness (QED) is 0.342. The molecule has 3 heterocycles. The van der Waals surface area contributed by atoms with Crippen LogP contribution in [0.5, 0.6) is 5.75 Å². The maximum atomic E-state index is 11.9. The molecule has 6 rings (SSSR count). The van der Waals surface area contributed by atoms with Crippen LogP contribution in [0, 0.1) is 18.8 Å². The average molecular weight is 471 g/mol. The fraction of sp³-hybridized carbons (Fsp3) is 0.129. The molecule has 1 N–H and O–H groups in total. The van der Waals surface area contributed by atoms with Crippen molar-refractivity contribution in [1.82, 2.24) is 9.97 Å². The van der Waals surface area contributed by atoms with E-state index >= 15 is 0 Å². The molecule has 5 aromatic rings. The zero-order valence-corrected chi connectivity index (χ0v) is 19.7. The summed E-state index contributed by atoms with van der Waals surface area (Å²) in [4.78, 5) is 21.4. The van der Waals surface area contributed by atoms with Crippen molar-refractivity contribution < 1.29 is 14.6 Å². The Hall–Kier alpha value is -4.69. The van der Waals surface area contributed by atoms with E-state index in [1.165, 1.54) is 5.56 Å². The van der Waals surface area contributed by atoms with Crippen LogP contribution in [-0.2, 0) is 17.6 Å². The van der Waals surface area contributed by atoms with Crippen molar-refractivity contribution in [3.8, 4) is 28.7 Å². The van der Waals surface area contributed by atoms with E-state index < -0.39 is 5.97 Å². The van der Waals surface area contributed by atoms with E-state index in [4.69, 9.17) is 14.7 Å². The van der Waals surface area contributed by atoms with Gasteiger partial charge in [-0.2, -0.15) is 0 Å². The molecular formula is C31H22N2O3. The van der Waals surface area contributed by atoms with Crippen LogP contribution in [0.15, 0.2) is 72.9 Å². The zero-order valence-electron chi connectivity index (χ0n) is 19.7. The highest BCUT2D eigenvalue weighted by atomic mass is 16.5. The Kier molecular flexibility index (Phi) is 5.35. The number of rotatable bonds is 3. The second kappa shape index (κ2) is 8.83. The molecular weight excluding hydrogens is 448 g/mol. The van der Waals surface area contributed by atoms with Gasteiger partial charge in [0.2, 0.25) is 0 Å². The van der Waals surface area contributed by atoms with E-state index in [-0.39, 0.29) is 6.42 Å². The van der Waals surface area contributed by atoms with Crippen LogP contribution < -0.4 is 4.74 Å². The van der Waals surface area contributed by atoms with Gasteiger partial charge in [0, 0.05) is 34.5 Å². The van der Waals surface area contributed by atoms with Crippen molar-refractivity contribution in [1.29, 1.82) is 0 Å². The number of pyridine rings is 2. The number of carboxylic acid groups (broad SMARTS) is 1. The normalized spacial score (nSPS) is 12.1. The van der Waals surface area contributed by atoms with Crippen LogP contribution in [-0.4, -0.2) is 27.7 Å². The van der Waals surface area contributed by atoms with Gasteiger partial charge < -0.3 is 9.84 Å². The van der Waals surface area contributed by atoms with Gasteiger partial charge in [0.1, 0.15) is 11.4 Å². The Labute approximate surface area is 208 Å². The predicted octanol–water partition coefficient (Wildman–Crippen LogP) is 5.72. The Morgan fingerprint density at radius 2 is 1.92 bits per heavy atom. The highest BCUT2D eigenvalue weighted by Gasteiger charge is 2.22. The molecule has 2 aromatic heterocycles. The number of hydrogen-bond acceptors (Lipinski definition) is 4. The lowest BCUT2D eigenvalue weighted by molar-refractivity contribution is -0.136. The third kappa shape index (κ3) is 3.83. The Balaban J connectivity index is 1.60. The maximum absolute atomic E-state index is 11.9. The van der Waals surface area contributed by atoms with Gasteiger partial charge in [0.05, 0.1) is 24.1 Å². The van der Waals surface area contributed by atoms with E-state index in [2.05, 4.69) is 11.8 Å². The van der Waals surface area contributed by atoms with E-state index in [1.54, 1.807) is 0 Å². The summed E-state index contributed by atoms with van der Waals surface area (Å²) in [5.74, 6) is 6.25. The summed E-state index contributed by atoms with van der Waals surface area (Å²) in [7, 11) is 0. The van der Waals surface area contributed by atoms with Gasteiger partial charge in [-0.3, -0.25) is 9.78 Å². The minimum Gasteiger partial charge on any atom is -0.493 e. The molecule has 0 spiro atoms. The Bertz CT molecular complexity index is 1720. The fourth-order valence-corrected chi connectivity index (χ4v) is 4.97. The summed E-state index contributed by atoms with van der Waals surface area (Å²) in [5.41, 5.74) is 7.73. The first-order valence-electron chi connectivity index (χ1n) is 11.8. The molecule has 36 heavy (non-hydrogen) atoms. The number of hydrogen-bond donors (Lipinski definition) is 1.